The third-order valence-electron chi connectivity index (χ3n) is 11.3. The fraction of sp³-hybridized carbons (Fsp3) is 0. The number of para-hydroxylation sites is 2. The molecule has 0 unspecified atom stereocenters. The predicted molar refractivity (Wildman–Crippen MR) is 293 cm³/mol. The Kier molecular flexibility index (Phi) is 29.6. The van der Waals surface area contributed by atoms with Crippen molar-refractivity contribution in [2.24, 2.45) is 10.2 Å². The summed E-state index contributed by atoms with van der Waals surface area (Å²) in [5.74, 6) is -4.72. The van der Waals surface area contributed by atoms with Crippen LogP contribution >= 0.6 is 23.2 Å². The summed E-state index contributed by atoms with van der Waals surface area (Å²) in [6.45, 7) is 0. The van der Waals surface area contributed by atoms with Crippen molar-refractivity contribution in [2.75, 3.05) is 32.1 Å². The smallest absolute Gasteiger partial charge is 0.744 e. The zero-order valence-corrected chi connectivity index (χ0v) is 65.8. The van der Waals surface area contributed by atoms with Crippen LogP contribution in [0.3, 0.4) is 0 Å². The van der Waals surface area contributed by atoms with Crippen molar-refractivity contribution >= 4 is 177 Å². The van der Waals surface area contributed by atoms with Crippen LogP contribution in [0.25, 0.3) is 12.2 Å². The minimum absolute atomic E-state index is 0. The monoisotopic (exact) mass is 1470 g/mol. The van der Waals surface area contributed by atoms with Crippen LogP contribution in [-0.2, 0) is 60.7 Å². The second-order valence-corrected chi connectivity index (χ2v) is 25.8. The van der Waals surface area contributed by atoms with Crippen LogP contribution in [0.5, 0.6) is 0 Å². The molecule has 0 radical (unpaired) electrons. The van der Waals surface area contributed by atoms with Gasteiger partial charge in [0.2, 0.25) is 45.9 Å². The Morgan fingerprint density at radius 2 is 0.674 bits per heavy atom. The topological polar surface area (TPSA) is 552 Å². The van der Waals surface area contributed by atoms with Gasteiger partial charge in [-0.05, 0) is 119 Å². The number of Topliss-reactive ketones (excluding diaryl/α,β-unsaturated/α-hetero) is 2. The van der Waals surface area contributed by atoms with Crippen molar-refractivity contribution in [3.63, 3.8) is 0 Å². The molecule has 7 aromatic rings. The summed E-state index contributed by atoms with van der Waals surface area (Å²) in [6, 6.07) is 16.5. The molecule has 0 fully saturated rings. The summed E-state index contributed by atoms with van der Waals surface area (Å²) >= 11 is 12.4. The number of carbonyl (C=O) groups is 2. The first-order valence-electron chi connectivity index (χ1n) is 22.5. The van der Waals surface area contributed by atoms with Crippen molar-refractivity contribution in [1.82, 2.24) is 29.9 Å². The molecule has 2 heterocycles. The van der Waals surface area contributed by atoms with Crippen LogP contribution in [0.2, 0.25) is 10.6 Å². The van der Waals surface area contributed by atoms with E-state index >= 15 is 0 Å². The van der Waals surface area contributed by atoms with E-state index in [1.165, 1.54) is 36.4 Å². The SMILES string of the molecule is O=C1/C(=N\Nc2ccccc2S(=O)(=O)[O-])C(S(=O)(=O)[O-])=Cc2cc(S(=O)(=O)[O-])cc(Nc3nc(Cl)nc(Nc4ccc(Nc5nc(Cl)nc(Nc6cc(S(=O)(=O)[O-])cc7c6C(=O)/C(=N\Nc6ccccc6S(=O)(=O)[O-])C(S(=O)(=O)[O-])=C7)n5)cc4)n3)c21.[Na+].[Na+].[Na+].[Na+].[Na+].[Na+]. The molecule has 48 heteroatoms. The standard InChI is InChI=1S/C44H30Cl2N14O20S6.6Na/c45-39-51-41(55-43(53-39)49-27-17-23(81(63,64)65)13-19-15-31(85(75,76)77)35(37(61)33(19)27)59-57-25-5-1-3-7-29(25)83(69,70)71)47-21-9-11-22(12-10-21)48-42-52-40(46)54-44(56-42)50-28-18-24(82(66,67)68)14-20-16-32(86(78,79)80)36(38(62)34(20)28)60-58-26-6-2-4-8-30(26)84(72,73)74;;;;;;/h1-18,57-58H,(H,63,64,65)(H,66,67,68)(H,69,70,71)(H,72,73,74)(H,75,76,77)(H,78,79,80)(H2,47,49,51,53,55)(H2,48,50,52,54,56);;;;;;/q;6*+1/p-6/b59-35-,60-36-;;;;;;. The van der Waals surface area contributed by atoms with Crippen LogP contribution in [-0.4, -0.2) is 131 Å². The molecule has 2 aliphatic rings. The van der Waals surface area contributed by atoms with E-state index in [-0.39, 0.29) is 201 Å². The van der Waals surface area contributed by atoms with Gasteiger partial charge in [0.15, 0.2) is 0 Å². The molecule has 0 saturated carbocycles. The summed E-state index contributed by atoms with van der Waals surface area (Å²) in [5.41, 5.74) is -2.73. The molecule has 446 valence electrons. The number of aromatic nitrogens is 6. The molecule has 0 saturated heterocycles. The van der Waals surface area contributed by atoms with Gasteiger partial charge in [0.25, 0.3) is 0 Å². The van der Waals surface area contributed by atoms with Gasteiger partial charge < -0.3 is 48.6 Å². The second-order valence-electron chi connectivity index (χ2n) is 17.0. The van der Waals surface area contributed by atoms with Gasteiger partial charge in [0.1, 0.15) is 72.1 Å². The number of fused-ring (bicyclic) bond motifs is 2. The van der Waals surface area contributed by atoms with E-state index in [0.29, 0.717) is 36.4 Å². The zero-order valence-electron chi connectivity index (χ0n) is 47.3. The number of hydrogen-bond acceptors (Lipinski definition) is 34. The molecule has 2 aliphatic carbocycles. The number of rotatable bonds is 18. The molecule has 6 N–H and O–H groups in total. The fourth-order valence-corrected chi connectivity index (χ4v) is 11.7. The fourth-order valence-electron chi connectivity index (χ4n) is 7.81. The van der Waals surface area contributed by atoms with Gasteiger partial charge in [0.05, 0.1) is 63.3 Å². The molecule has 0 bridgehead atoms. The Labute approximate surface area is 663 Å². The Bertz CT molecular complexity index is 4690. The van der Waals surface area contributed by atoms with Crippen molar-refractivity contribution < 1.29 is 265 Å². The van der Waals surface area contributed by atoms with E-state index in [0.717, 1.165) is 36.4 Å². The molecule has 34 nitrogen and oxygen atoms in total. The van der Waals surface area contributed by atoms with Crippen molar-refractivity contribution in [3.8, 4) is 0 Å². The average molecular weight is 1470 g/mol. The van der Waals surface area contributed by atoms with Gasteiger partial charge in [-0.15, -0.1) is 0 Å². The maximum atomic E-state index is 14.1. The molecule has 0 spiro atoms. The average Bonchev–Trinajstić information content (AvgIpc) is 0.758. The Balaban J connectivity index is 0.00000368. The zero-order chi connectivity index (χ0) is 62.6. The number of benzene rings is 5. The summed E-state index contributed by atoms with van der Waals surface area (Å²) < 4.78 is 220. The number of nitrogens with zero attached hydrogens (tertiary/aromatic N) is 8. The molecule has 9 rings (SSSR count). The summed E-state index contributed by atoms with van der Waals surface area (Å²) in [4.78, 5) is 45.6. The number of anilines is 10. The summed E-state index contributed by atoms with van der Waals surface area (Å²) in [7, 11) is -32.6. The van der Waals surface area contributed by atoms with Crippen molar-refractivity contribution in [2.45, 2.75) is 19.6 Å². The van der Waals surface area contributed by atoms with E-state index in [1.807, 2.05) is 0 Å². The summed E-state index contributed by atoms with van der Waals surface area (Å²) in [6.07, 6.45) is 1.01. The van der Waals surface area contributed by atoms with Crippen LogP contribution in [0.4, 0.5) is 57.9 Å². The third-order valence-corrected chi connectivity index (χ3v) is 16.8. The van der Waals surface area contributed by atoms with E-state index in [9.17, 15) is 87.4 Å². The maximum Gasteiger partial charge on any atom is 1.00 e. The van der Waals surface area contributed by atoms with E-state index < -0.39 is 181 Å². The summed E-state index contributed by atoms with van der Waals surface area (Å²) in [5, 5.41) is 16.7. The number of hydrazone groups is 2. The molecule has 0 aliphatic heterocycles. The number of hydrogen-bond donors (Lipinski definition) is 6. The Morgan fingerprint density at radius 3 is 0.967 bits per heavy atom. The Hall–Kier alpha value is -2.88. The second kappa shape index (κ2) is 32.7. The minimum atomic E-state index is -5.68. The third kappa shape index (κ3) is 20.1. The normalized spacial score (nSPS) is 13.9. The first-order chi connectivity index (χ1) is 40.0. The van der Waals surface area contributed by atoms with Crippen molar-refractivity contribution in [3.05, 3.63) is 140 Å². The quantitative estimate of drug-likeness (QED) is 0.0264. The predicted octanol–water partition coefficient (Wildman–Crippen LogP) is -14.9. The number of nitrogens with one attached hydrogen (secondary N) is 6. The van der Waals surface area contributed by atoms with Gasteiger partial charge in [-0.25, -0.2) is 50.5 Å². The molecular formula is C44H24Cl2N14Na6O20S6. The number of halogens is 2. The van der Waals surface area contributed by atoms with E-state index in [1.54, 1.807) is 0 Å². The Morgan fingerprint density at radius 1 is 0.370 bits per heavy atom. The van der Waals surface area contributed by atoms with Crippen molar-refractivity contribution in [1.29, 1.82) is 0 Å². The van der Waals surface area contributed by atoms with Crippen LogP contribution in [0.15, 0.2) is 137 Å². The van der Waals surface area contributed by atoms with Gasteiger partial charge >= 0.3 is 177 Å². The minimum Gasteiger partial charge on any atom is -0.744 e. The molecule has 5 aromatic carbocycles. The first kappa shape index (κ1) is 83.3. The van der Waals surface area contributed by atoms with Gasteiger partial charge in [0, 0.05) is 11.4 Å². The number of ketones is 2. The van der Waals surface area contributed by atoms with Gasteiger partial charge in [-0.2, -0.15) is 40.1 Å². The number of carbonyl (C=O) groups excluding carboxylic acids is 2. The maximum absolute atomic E-state index is 14.1. The van der Waals surface area contributed by atoms with E-state index in [2.05, 4.69) is 72.2 Å². The first-order valence-corrected chi connectivity index (χ1v) is 31.7. The van der Waals surface area contributed by atoms with Crippen LogP contribution in [0.1, 0.15) is 31.8 Å². The largest absolute Gasteiger partial charge is 1.00 e. The molecule has 2 aromatic heterocycles. The van der Waals surface area contributed by atoms with Gasteiger partial charge in [-0.1, -0.05) is 24.3 Å². The molecular weight excluding hydrogens is 1450 g/mol. The molecule has 0 amide bonds. The van der Waals surface area contributed by atoms with Gasteiger partial charge in [-0.3, -0.25) is 20.4 Å². The molecule has 92 heavy (non-hydrogen) atoms. The molecule has 0 atom stereocenters. The van der Waals surface area contributed by atoms with E-state index in [4.69, 9.17) is 23.2 Å². The van der Waals surface area contributed by atoms with Crippen LogP contribution < -0.4 is 209 Å². The number of allylic oxidation sites excluding steroid dienone is 2. The van der Waals surface area contributed by atoms with Crippen LogP contribution in [0, 0.1) is 0 Å².